The van der Waals surface area contributed by atoms with E-state index in [0.717, 1.165) is 17.3 Å². The topological polar surface area (TPSA) is 87.4 Å². The summed E-state index contributed by atoms with van der Waals surface area (Å²) in [6, 6.07) is 10.2. The smallest absolute Gasteiger partial charge is 0.341 e. The number of piperazine rings is 1. The molecule has 1 N–H and O–H groups in total. The van der Waals surface area contributed by atoms with Gasteiger partial charge in [-0.2, -0.15) is 0 Å². The molecule has 8 nitrogen and oxygen atoms in total. The van der Waals surface area contributed by atoms with Crippen molar-refractivity contribution in [2.24, 2.45) is 5.16 Å². The van der Waals surface area contributed by atoms with Crippen molar-refractivity contribution in [3.63, 3.8) is 0 Å². The molecule has 1 aliphatic rings. The maximum Gasteiger partial charge on any atom is 0.341 e. The summed E-state index contributed by atoms with van der Waals surface area (Å²) in [7, 11) is 1.51. The number of benzene rings is 2. The van der Waals surface area contributed by atoms with E-state index >= 15 is 4.39 Å². The molecule has 0 bridgehead atoms. The van der Waals surface area contributed by atoms with Gasteiger partial charge in [0.25, 0.3) is 0 Å². The molecule has 0 amide bonds. The molecule has 0 unspecified atom stereocenters. The number of hydrogen-bond acceptors (Lipinski definition) is 6. The monoisotopic (exact) mass is 500 g/mol. The van der Waals surface area contributed by atoms with Crippen molar-refractivity contribution in [1.29, 1.82) is 0 Å². The molecule has 1 saturated heterocycles. The molecular formula is C25H26ClFN4O4. The third-order valence-electron chi connectivity index (χ3n) is 6.19. The Labute approximate surface area is 206 Å². The average molecular weight is 501 g/mol. The highest BCUT2D eigenvalue weighted by molar-refractivity contribution is 6.30. The predicted octanol–water partition coefficient (Wildman–Crippen LogP) is 3.68. The molecule has 2 heterocycles. The Morgan fingerprint density at radius 1 is 1.17 bits per heavy atom. The molecule has 184 valence electrons. The predicted molar refractivity (Wildman–Crippen MR) is 134 cm³/mol. The summed E-state index contributed by atoms with van der Waals surface area (Å²) >= 11 is 6.00. The first-order valence-corrected chi connectivity index (χ1v) is 11.6. The first-order chi connectivity index (χ1) is 16.8. The molecule has 0 atom stereocenters. The number of hydrogen-bond donors (Lipinski definition) is 1. The Bertz CT molecular complexity index is 1330. The van der Waals surface area contributed by atoms with E-state index in [1.54, 1.807) is 22.8 Å². The van der Waals surface area contributed by atoms with Crippen LogP contribution >= 0.6 is 11.6 Å². The number of aryl methyl sites for hydroxylation is 1. The van der Waals surface area contributed by atoms with E-state index in [0.29, 0.717) is 55.5 Å². The van der Waals surface area contributed by atoms with Gasteiger partial charge in [-0.25, -0.2) is 9.18 Å². The molecule has 10 heteroatoms. The van der Waals surface area contributed by atoms with Crippen LogP contribution in [0.1, 0.15) is 22.8 Å². The SMILES string of the molecule is CCn1cc(C(=O)O)c(=O)c2cc(F)c(N3CCN(C/C(=N/OC)c4ccc(Cl)cc4)CC3)cc21. The Hall–Kier alpha value is -3.43. The number of nitrogens with zero attached hydrogens (tertiary/aromatic N) is 4. The number of pyridine rings is 1. The zero-order chi connectivity index (χ0) is 25.1. The average Bonchev–Trinajstić information content (AvgIpc) is 2.85. The van der Waals surface area contributed by atoms with E-state index in [2.05, 4.69) is 10.1 Å². The Morgan fingerprint density at radius 3 is 2.46 bits per heavy atom. The third-order valence-corrected chi connectivity index (χ3v) is 6.44. The molecule has 0 radical (unpaired) electrons. The molecule has 3 aromatic rings. The standard InChI is InChI=1S/C25H26ClFN4O4/c1-3-30-14-19(25(33)34)24(32)18-12-20(27)23(13-22(18)30)31-10-8-29(9-11-31)15-21(28-35-2)16-4-6-17(26)7-5-16/h4-7,12-14H,3,8-11,15H2,1-2H3,(H,33,34)/b28-21-. The highest BCUT2D eigenvalue weighted by Gasteiger charge is 2.23. The zero-order valence-corrected chi connectivity index (χ0v) is 20.3. The fraction of sp³-hybridized carbons (Fsp3) is 0.320. The molecule has 1 aromatic heterocycles. The number of carboxylic acid groups (broad SMARTS) is 1. The van der Waals surface area contributed by atoms with Crippen LogP contribution in [0, 0.1) is 5.82 Å². The Balaban J connectivity index is 1.55. The summed E-state index contributed by atoms with van der Waals surface area (Å²) in [6.45, 7) is 5.36. The first-order valence-electron chi connectivity index (χ1n) is 11.3. The highest BCUT2D eigenvalue weighted by Crippen LogP contribution is 2.26. The Kier molecular flexibility index (Phi) is 7.37. The van der Waals surface area contributed by atoms with Gasteiger partial charge in [-0.05, 0) is 31.2 Å². The van der Waals surface area contributed by atoms with Crippen LogP contribution < -0.4 is 10.3 Å². The van der Waals surface area contributed by atoms with Gasteiger partial charge in [0.15, 0.2) is 0 Å². The minimum absolute atomic E-state index is 0.0648. The number of anilines is 1. The summed E-state index contributed by atoms with van der Waals surface area (Å²) in [4.78, 5) is 33.2. The number of rotatable bonds is 7. The molecule has 0 spiro atoms. The fourth-order valence-corrected chi connectivity index (χ4v) is 4.47. The second kappa shape index (κ2) is 10.5. The normalized spacial score (nSPS) is 15.0. The van der Waals surface area contributed by atoms with Gasteiger partial charge >= 0.3 is 5.97 Å². The van der Waals surface area contributed by atoms with Crippen LogP contribution in [0.4, 0.5) is 10.1 Å². The second-order valence-corrected chi connectivity index (χ2v) is 8.71. The molecular weight excluding hydrogens is 475 g/mol. The van der Waals surface area contributed by atoms with Gasteiger partial charge < -0.3 is 19.4 Å². The second-order valence-electron chi connectivity index (χ2n) is 8.27. The van der Waals surface area contributed by atoms with Crippen LogP contribution in [-0.2, 0) is 11.4 Å². The summed E-state index contributed by atoms with van der Waals surface area (Å²) < 4.78 is 16.8. The van der Waals surface area contributed by atoms with E-state index in [9.17, 15) is 14.7 Å². The van der Waals surface area contributed by atoms with Gasteiger partial charge in [0.05, 0.1) is 11.2 Å². The lowest BCUT2D eigenvalue weighted by Crippen LogP contribution is -2.48. The molecule has 0 aliphatic carbocycles. The lowest BCUT2D eigenvalue weighted by molar-refractivity contribution is 0.0695. The van der Waals surface area contributed by atoms with Crippen molar-refractivity contribution >= 4 is 39.9 Å². The molecule has 4 rings (SSSR count). The van der Waals surface area contributed by atoms with Crippen molar-refractivity contribution in [2.45, 2.75) is 13.5 Å². The Morgan fingerprint density at radius 2 is 1.86 bits per heavy atom. The van der Waals surface area contributed by atoms with E-state index in [1.807, 2.05) is 24.0 Å². The van der Waals surface area contributed by atoms with Crippen LogP contribution in [0.3, 0.4) is 0 Å². The van der Waals surface area contributed by atoms with E-state index in [4.69, 9.17) is 16.4 Å². The summed E-state index contributed by atoms with van der Waals surface area (Å²) in [5.74, 6) is -1.87. The lowest BCUT2D eigenvalue weighted by atomic mass is 10.1. The minimum Gasteiger partial charge on any atom is -0.477 e. The molecule has 2 aromatic carbocycles. The number of oxime groups is 1. The number of carbonyl (C=O) groups is 1. The third kappa shape index (κ3) is 5.16. The number of aromatic nitrogens is 1. The fourth-order valence-electron chi connectivity index (χ4n) is 4.34. The largest absolute Gasteiger partial charge is 0.477 e. The quantitative estimate of drug-likeness (QED) is 0.393. The van der Waals surface area contributed by atoms with Crippen molar-refractivity contribution in [3.8, 4) is 0 Å². The molecule has 1 aliphatic heterocycles. The van der Waals surface area contributed by atoms with E-state index in [-0.39, 0.29) is 10.9 Å². The number of fused-ring (bicyclic) bond motifs is 1. The van der Waals surface area contributed by atoms with Gasteiger partial charge in [0.1, 0.15) is 24.2 Å². The number of halogens is 2. The van der Waals surface area contributed by atoms with Crippen molar-refractivity contribution < 1.29 is 19.1 Å². The molecule has 35 heavy (non-hydrogen) atoms. The van der Waals surface area contributed by atoms with Crippen molar-refractivity contribution in [2.75, 3.05) is 44.7 Å². The summed E-state index contributed by atoms with van der Waals surface area (Å²) in [6.07, 6.45) is 1.32. The highest BCUT2D eigenvalue weighted by atomic mass is 35.5. The van der Waals surface area contributed by atoms with Gasteiger partial charge in [-0.3, -0.25) is 9.69 Å². The van der Waals surface area contributed by atoms with E-state index in [1.165, 1.54) is 13.3 Å². The van der Waals surface area contributed by atoms with Crippen LogP contribution in [0.5, 0.6) is 0 Å². The lowest BCUT2D eigenvalue weighted by Gasteiger charge is -2.36. The number of aromatic carboxylic acids is 1. The number of carboxylic acids is 1. The zero-order valence-electron chi connectivity index (χ0n) is 19.5. The maximum atomic E-state index is 15.1. The van der Waals surface area contributed by atoms with Gasteiger partial charge in [-0.15, -0.1) is 0 Å². The van der Waals surface area contributed by atoms with Crippen LogP contribution in [0.2, 0.25) is 5.02 Å². The van der Waals surface area contributed by atoms with Crippen LogP contribution in [0.15, 0.2) is 52.5 Å². The summed E-state index contributed by atoms with van der Waals surface area (Å²) in [5, 5.41) is 14.2. The molecule has 0 saturated carbocycles. The van der Waals surface area contributed by atoms with Gasteiger partial charge in [0.2, 0.25) is 5.43 Å². The van der Waals surface area contributed by atoms with Crippen molar-refractivity contribution in [3.05, 3.63) is 74.8 Å². The van der Waals surface area contributed by atoms with Gasteiger partial charge in [-0.1, -0.05) is 28.9 Å². The van der Waals surface area contributed by atoms with Crippen LogP contribution in [0.25, 0.3) is 10.9 Å². The van der Waals surface area contributed by atoms with Crippen LogP contribution in [-0.4, -0.2) is 66.1 Å². The van der Waals surface area contributed by atoms with Crippen molar-refractivity contribution in [1.82, 2.24) is 9.47 Å². The molecule has 1 fully saturated rings. The minimum atomic E-state index is -1.32. The summed E-state index contributed by atoms with van der Waals surface area (Å²) in [5.41, 5.74) is 1.55. The van der Waals surface area contributed by atoms with E-state index < -0.39 is 17.2 Å². The maximum absolute atomic E-state index is 15.1. The first kappa shape index (κ1) is 24.7. The van der Waals surface area contributed by atoms with Gasteiger partial charge in [0, 0.05) is 61.4 Å².